The Labute approximate surface area is 120 Å². The van der Waals surface area contributed by atoms with E-state index in [-0.39, 0.29) is 0 Å². The molecule has 0 bridgehead atoms. The molecule has 0 amide bonds. The number of nitrogens with one attached hydrogen (secondary N) is 1. The molecule has 1 unspecified atom stereocenters. The second-order valence-electron chi connectivity index (χ2n) is 7.07. The van der Waals surface area contributed by atoms with E-state index in [1.807, 2.05) is 0 Å². The molecule has 1 N–H and O–H groups in total. The van der Waals surface area contributed by atoms with Gasteiger partial charge in [-0.3, -0.25) is 0 Å². The summed E-state index contributed by atoms with van der Waals surface area (Å²) >= 11 is 0. The molecule has 0 aromatic carbocycles. The SMILES string of the molecule is CCC1CCCN(CC2(CNC)CCCCC2)CC1. The Bertz CT molecular complexity index is 240. The van der Waals surface area contributed by atoms with Crippen molar-refractivity contribution >= 4 is 0 Å². The van der Waals surface area contributed by atoms with Gasteiger partial charge in [-0.15, -0.1) is 0 Å². The van der Waals surface area contributed by atoms with Gasteiger partial charge in [0.25, 0.3) is 0 Å². The largest absolute Gasteiger partial charge is 0.319 e. The van der Waals surface area contributed by atoms with E-state index < -0.39 is 0 Å². The van der Waals surface area contributed by atoms with Gasteiger partial charge in [-0.1, -0.05) is 32.6 Å². The van der Waals surface area contributed by atoms with E-state index in [1.165, 1.54) is 84.0 Å². The van der Waals surface area contributed by atoms with Gasteiger partial charge in [0, 0.05) is 13.1 Å². The lowest BCUT2D eigenvalue weighted by molar-refractivity contribution is 0.105. The first-order valence-electron chi connectivity index (χ1n) is 8.65. The second kappa shape index (κ2) is 7.64. The Kier molecular flexibility index (Phi) is 6.15. The van der Waals surface area contributed by atoms with E-state index in [0.29, 0.717) is 5.41 Å². The van der Waals surface area contributed by atoms with Crippen LogP contribution >= 0.6 is 0 Å². The van der Waals surface area contributed by atoms with Crippen LogP contribution in [-0.4, -0.2) is 38.1 Å². The van der Waals surface area contributed by atoms with Crippen molar-refractivity contribution < 1.29 is 0 Å². The molecule has 1 aliphatic heterocycles. The maximum Gasteiger partial charge on any atom is 0.00501 e. The van der Waals surface area contributed by atoms with Crippen LogP contribution in [0.2, 0.25) is 0 Å². The summed E-state index contributed by atoms with van der Waals surface area (Å²) in [7, 11) is 2.13. The molecule has 0 aromatic rings. The van der Waals surface area contributed by atoms with Crippen molar-refractivity contribution in [2.24, 2.45) is 11.3 Å². The molecular formula is C17H34N2. The van der Waals surface area contributed by atoms with E-state index in [1.54, 1.807) is 0 Å². The first kappa shape index (κ1) is 15.3. The molecule has 1 saturated heterocycles. The minimum atomic E-state index is 0.582. The predicted octanol–water partition coefficient (Wildman–Crippen LogP) is 3.67. The molecule has 0 aromatic heterocycles. The third kappa shape index (κ3) is 4.46. The van der Waals surface area contributed by atoms with Crippen LogP contribution < -0.4 is 5.32 Å². The maximum atomic E-state index is 3.48. The zero-order valence-electron chi connectivity index (χ0n) is 13.2. The van der Waals surface area contributed by atoms with Crippen LogP contribution in [-0.2, 0) is 0 Å². The average Bonchev–Trinajstić information content (AvgIpc) is 2.65. The minimum absolute atomic E-state index is 0.582. The third-order valence-electron chi connectivity index (χ3n) is 5.54. The first-order valence-corrected chi connectivity index (χ1v) is 8.65. The van der Waals surface area contributed by atoms with Crippen LogP contribution in [0.4, 0.5) is 0 Å². The first-order chi connectivity index (χ1) is 9.28. The summed E-state index contributed by atoms with van der Waals surface area (Å²) in [5.74, 6) is 0.997. The van der Waals surface area contributed by atoms with E-state index in [9.17, 15) is 0 Å². The van der Waals surface area contributed by atoms with Gasteiger partial charge < -0.3 is 10.2 Å². The fourth-order valence-electron chi connectivity index (χ4n) is 4.33. The van der Waals surface area contributed by atoms with Gasteiger partial charge in [-0.25, -0.2) is 0 Å². The van der Waals surface area contributed by atoms with Crippen molar-refractivity contribution in [1.82, 2.24) is 10.2 Å². The summed E-state index contributed by atoms with van der Waals surface area (Å²) in [6, 6.07) is 0. The highest BCUT2D eigenvalue weighted by molar-refractivity contribution is 4.88. The molecule has 0 radical (unpaired) electrons. The van der Waals surface area contributed by atoms with Crippen LogP contribution in [0.1, 0.15) is 64.7 Å². The lowest BCUT2D eigenvalue weighted by Crippen LogP contribution is -2.45. The van der Waals surface area contributed by atoms with Gasteiger partial charge in [0.1, 0.15) is 0 Å². The number of nitrogens with zero attached hydrogens (tertiary/aromatic N) is 1. The van der Waals surface area contributed by atoms with Gasteiger partial charge in [0.05, 0.1) is 0 Å². The minimum Gasteiger partial charge on any atom is -0.319 e. The van der Waals surface area contributed by atoms with Crippen molar-refractivity contribution in [3.8, 4) is 0 Å². The second-order valence-corrected chi connectivity index (χ2v) is 7.07. The molecule has 2 rings (SSSR count). The number of rotatable bonds is 5. The monoisotopic (exact) mass is 266 g/mol. The number of hydrogen-bond donors (Lipinski definition) is 1. The standard InChI is InChI=1S/C17H34N2/c1-3-16-8-7-12-19(13-9-16)15-17(14-18-2)10-5-4-6-11-17/h16,18H,3-15H2,1-2H3. The van der Waals surface area contributed by atoms with Gasteiger partial charge in [0.15, 0.2) is 0 Å². The smallest absolute Gasteiger partial charge is 0.00501 e. The third-order valence-corrected chi connectivity index (χ3v) is 5.54. The maximum absolute atomic E-state index is 3.48. The van der Waals surface area contributed by atoms with Crippen LogP contribution in [0.15, 0.2) is 0 Å². The highest BCUT2D eigenvalue weighted by Crippen LogP contribution is 2.37. The predicted molar refractivity (Wildman–Crippen MR) is 83.5 cm³/mol. The van der Waals surface area contributed by atoms with Crippen LogP contribution in [0.25, 0.3) is 0 Å². The zero-order chi connectivity index (χ0) is 13.6. The summed E-state index contributed by atoms with van der Waals surface area (Å²) in [6.45, 7) is 7.64. The van der Waals surface area contributed by atoms with Crippen molar-refractivity contribution in [3.05, 3.63) is 0 Å². The van der Waals surface area contributed by atoms with Gasteiger partial charge in [-0.05, 0) is 63.6 Å². The quantitative estimate of drug-likeness (QED) is 0.817. The Morgan fingerprint density at radius 2 is 1.84 bits per heavy atom. The summed E-state index contributed by atoms with van der Waals surface area (Å²) in [5.41, 5.74) is 0.582. The van der Waals surface area contributed by atoms with Gasteiger partial charge >= 0.3 is 0 Å². The zero-order valence-corrected chi connectivity index (χ0v) is 13.2. The molecule has 2 nitrogen and oxygen atoms in total. The fraction of sp³-hybridized carbons (Fsp3) is 1.00. The number of likely N-dealkylation sites (tertiary alicyclic amines) is 1. The van der Waals surface area contributed by atoms with E-state index in [2.05, 4.69) is 24.2 Å². The van der Waals surface area contributed by atoms with Crippen LogP contribution in [0, 0.1) is 11.3 Å². The van der Waals surface area contributed by atoms with Crippen molar-refractivity contribution in [3.63, 3.8) is 0 Å². The molecule has 1 atom stereocenters. The summed E-state index contributed by atoms with van der Waals surface area (Å²) in [5, 5.41) is 3.48. The molecule has 0 spiro atoms. The topological polar surface area (TPSA) is 15.3 Å². The van der Waals surface area contributed by atoms with Gasteiger partial charge in [-0.2, -0.15) is 0 Å². The molecule has 19 heavy (non-hydrogen) atoms. The number of hydrogen-bond acceptors (Lipinski definition) is 2. The van der Waals surface area contributed by atoms with Crippen LogP contribution in [0.5, 0.6) is 0 Å². The molecular weight excluding hydrogens is 232 g/mol. The van der Waals surface area contributed by atoms with E-state index >= 15 is 0 Å². The van der Waals surface area contributed by atoms with E-state index in [0.717, 1.165) is 5.92 Å². The Morgan fingerprint density at radius 1 is 1.05 bits per heavy atom. The Balaban J connectivity index is 1.89. The van der Waals surface area contributed by atoms with Crippen LogP contribution in [0.3, 0.4) is 0 Å². The summed E-state index contributed by atoms with van der Waals surface area (Å²) < 4.78 is 0. The average molecular weight is 266 g/mol. The Hall–Kier alpha value is -0.0800. The highest BCUT2D eigenvalue weighted by atomic mass is 15.1. The molecule has 2 fully saturated rings. The molecule has 1 heterocycles. The molecule has 2 heteroatoms. The normalized spacial score (nSPS) is 29.1. The molecule has 112 valence electrons. The fourth-order valence-corrected chi connectivity index (χ4v) is 4.33. The van der Waals surface area contributed by atoms with Gasteiger partial charge in [0.2, 0.25) is 0 Å². The highest BCUT2D eigenvalue weighted by Gasteiger charge is 2.33. The molecule has 1 aliphatic carbocycles. The lowest BCUT2D eigenvalue weighted by atomic mass is 9.73. The van der Waals surface area contributed by atoms with Crippen molar-refractivity contribution in [2.75, 3.05) is 33.2 Å². The lowest BCUT2D eigenvalue weighted by Gasteiger charge is -2.41. The molecule has 1 saturated carbocycles. The molecule has 2 aliphatic rings. The van der Waals surface area contributed by atoms with Crippen molar-refractivity contribution in [1.29, 1.82) is 0 Å². The Morgan fingerprint density at radius 3 is 2.53 bits per heavy atom. The van der Waals surface area contributed by atoms with E-state index in [4.69, 9.17) is 0 Å². The van der Waals surface area contributed by atoms with Crippen molar-refractivity contribution in [2.45, 2.75) is 64.7 Å². The summed E-state index contributed by atoms with van der Waals surface area (Å²) in [6.07, 6.45) is 13.0. The summed E-state index contributed by atoms with van der Waals surface area (Å²) in [4.78, 5) is 2.79.